The van der Waals surface area contributed by atoms with Crippen LogP contribution in [0.5, 0.6) is 5.75 Å². The molecule has 2 aromatic carbocycles. The molecule has 3 rings (SSSR count). The highest BCUT2D eigenvalue weighted by molar-refractivity contribution is 8.00. The Morgan fingerprint density at radius 3 is 2.48 bits per heavy atom. The summed E-state index contributed by atoms with van der Waals surface area (Å²) in [6.07, 6.45) is 2.52. The minimum Gasteiger partial charge on any atom is -0.491 e. The zero-order chi connectivity index (χ0) is 19.4. The van der Waals surface area contributed by atoms with E-state index in [0.717, 1.165) is 16.4 Å². The van der Waals surface area contributed by atoms with Crippen LogP contribution in [0, 0.1) is 6.92 Å². The van der Waals surface area contributed by atoms with Gasteiger partial charge in [0.25, 0.3) is 0 Å². The summed E-state index contributed by atoms with van der Waals surface area (Å²) >= 11 is 26.5. The van der Waals surface area contributed by atoms with Gasteiger partial charge in [0.2, 0.25) is 0 Å². The average molecular weight is 462 g/mol. The molecule has 3 nitrogen and oxygen atoms in total. The van der Waals surface area contributed by atoms with E-state index in [1.165, 1.54) is 0 Å². The highest BCUT2D eigenvalue weighted by Crippen LogP contribution is 2.38. The van der Waals surface area contributed by atoms with Crippen molar-refractivity contribution < 1.29 is 4.74 Å². The van der Waals surface area contributed by atoms with E-state index in [0.29, 0.717) is 38.9 Å². The third kappa shape index (κ3) is 5.72. The van der Waals surface area contributed by atoms with Gasteiger partial charge in [0.15, 0.2) is 0 Å². The first kappa shape index (κ1) is 20.7. The summed E-state index contributed by atoms with van der Waals surface area (Å²) in [6, 6.07) is 10.6. The number of aromatic nitrogens is 2. The van der Waals surface area contributed by atoms with Crippen molar-refractivity contribution in [1.29, 1.82) is 0 Å². The Hall–Kier alpha value is -1.04. The van der Waals surface area contributed by atoms with Crippen LogP contribution in [-0.4, -0.2) is 21.8 Å². The van der Waals surface area contributed by atoms with Crippen molar-refractivity contribution in [2.75, 3.05) is 6.61 Å². The summed E-state index contributed by atoms with van der Waals surface area (Å²) in [7, 11) is 0. The van der Waals surface area contributed by atoms with E-state index in [2.05, 4.69) is 9.97 Å². The van der Waals surface area contributed by atoms with Crippen molar-refractivity contribution in [2.45, 2.75) is 23.5 Å². The maximum absolute atomic E-state index is 6.34. The van der Waals surface area contributed by atoms with Crippen LogP contribution < -0.4 is 4.74 Å². The fourth-order valence-electron chi connectivity index (χ4n) is 2.49. The number of thioether (sulfide) groups is 1. The lowest BCUT2D eigenvalue weighted by molar-refractivity contribution is 0.316. The fraction of sp³-hybridized carbons (Fsp3) is 0.211. The van der Waals surface area contributed by atoms with Gasteiger partial charge in [-0.15, -0.1) is 11.8 Å². The van der Waals surface area contributed by atoms with E-state index in [1.807, 2.05) is 31.3 Å². The van der Waals surface area contributed by atoms with Crippen molar-refractivity contribution in [3.05, 3.63) is 74.2 Å². The van der Waals surface area contributed by atoms with E-state index in [1.54, 1.807) is 30.0 Å². The van der Waals surface area contributed by atoms with Crippen LogP contribution in [0.3, 0.4) is 0 Å². The molecule has 1 N–H and O–H groups in total. The highest BCUT2D eigenvalue weighted by atomic mass is 35.5. The Labute approximate surface area is 182 Å². The molecule has 0 aliphatic carbocycles. The second-order valence-electron chi connectivity index (χ2n) is 5.87. The van der Waals surface area contributed by atoms with E-state index in [9.17, 15) is 0 Å². The second kappa shape index (κ2) is 9.44. The zero-order valence-electron chi connectivity index (χ0n) is 14.3. The Bertz CT molecular complexity index is 912. The molecule has 0 bridgehead atoms. The predicted molar refractivity (Wildman–Crippen MR) is 115 cm³/mol. The number of hydrogen-bond donors (Lipinski definition) is 1. The number of ether oxygens (including phenoxy) is 1. The third-order valence-corrected chi connectivity index (χ3v) is 6.44. The SMILES string of the molecule is Cc1ncc(CC(COc2cc(Cl)ccc2Cl)Sc2c(Cl)cccc2Cl)[nH]1. The van der Waals surface area contributed by atoms with Crippen molar-refractivity contribution >= 4 is 58.2 Å². The largest absolute Gasteiger partial charge is 0.491 e. The standard InChI is InChI=1S/C19H16Cl4N2OS/c1-11-24-9-13(25-11)8-14(27-19-16(22)3-2-4-17(19)23)10-26-18-7-12(20)5-6-15(18)21/h2-7,9,14H,8,10H2,1H3,(H,24,25). The molecule has 27 heavy (non-hydrogen) atoms. The minimum absolute atomic E-state index is 0.0253. The quantitative estimate of drug-likeness (QED) is 0.380. The van der Waals surface area contributed by atoms with Crippen molar-refractivity contribution in [2.24, 2.45) is 0 Å². The molecule has 0 spiro atoms. The Kier molecular flexibility index (Phi) is 7.23. The number of benzene rings is 2. The highest BCUT2D eigenvalue weighted by Gasteiger charge is 2.18. The number of imidazole rings is 1. The van der Waals surface area contributed by atoms with Crippen molar-refractivity contribution in [3.63, 3.8) is 0 Å². The van der Waals surface area contributed by atoms with Gasteiger partial charge in [-0.25, -0.2) is 4.98 Å². The molecule has 1 unspecified atom stereocenters. The summed E-state index contributed by atoms with van der Waals surface area (Å²) in [4.78, 5) is 8.33. The molecule has 8 heteroatoms. The molecule has 0 saturated heterocycles. The number of aromatic amines is 1. The molecule has 0 amide bonds. The number of hydrogen-bond acceptors (Lipinski definition) is 3. The van der Waals surface area contributed by atoms with Crippen molar-refractivity contribution in [1.82, 2.24) is 9.97 Å². The Morgan fingerprint density at radius 1 is 1.07 bits per heavy atom. The summed E-state index contributed by atoms with van der Waals surface area (Å²) < 4.78 is 5.95. The third-order valence-electron chi connectivity index (χ3n) is 3.72. The van der Waals surface area contributed by atoms with Gasteiger partial charge in [0.1, 0.15) is 18.2 Å². The van der Waals surface area contributed by atoms with Crippen LogP contribution in [0.1, 0.15) is 11.5 Å². The van der Waals surface area contributed by atoms with Crippen LogP contribution in [0.4, 0.5) is 0 Å². The summed E-state index contributed by atoms with van der Waals surface area (Å²) in [5, 5.41) is 2.32. The number of rotatable bonds is 7. The second-order valence-corrected chi connectivity index (χ2v) is 8.84. The van der Waals surface area contributed by atoms with Crippen LogP contribution >= 0.6 is 58.2 Å². The summed E-state index contributed by atoms with van der Waals surface area (Å²) in [6.45, 7) is 2.31. The van der Waals surface area contributed by atoms with E-state index >= 15 is 0 Å². The van der Waals surface area contributed by atoms with Gasteiger partial charge in [-0.3, -0.25) is 0 Å². The molecule has 1 atom stereocenters. The molecule has 142 valence electrons. The van der Waals surface area contributed by atoms with E-state index in [4.69, 9.17) is 51.1 Å². The number of nitrogens with one attached hydrogen (secondary N) is 1. The first-order chi connectivity index (χ1) is 12.9. The van der Waals surface area contributed by atoms with Crippen LogP contribution in [0.2, 0.25) is 20.1 Å². The maximum atomic E-state index is 6.34. The first-order valence-electron chi connectivity index (χ1n) is 8.11. The number of H-pyrrole nitrogens is 1. The van der Waals surface area contributed by atoms with Gasteiger partial charge >= 0.3 is 0 Å². The maximum Gasteiger partial charge on any atom is 0.139 e. The fourth-order valence-corrected chi connectivity index (χ4v) is 4.58. The van der Waals surface area contributed by atoms with Gasteiger partial charge in [0, 0.05) is 39.5 Å². The lowest BCUT2D eigenvalue weighted by atomic mass is 10.2. The Balaban J connectivity index is 1.79. The average Bonchev–Trinajstić information content (AvgIpc) is 3.03. The Morgan fingerprint density at radius 2 is 1.81 bits per heavy atom. The molecule has 0 aliphatic rings. The molecule has 1 aromatic heterocycles. The molecule has 1 heterocycles. The molecular weight excluding hydrogens is 446 g/mol. The lowest BCUT2D eigenvalue weighted by Gasteiger charge is -2.19. The lowest BCUT2D eigenvalue weighted by Crippen LogP contribution is -2.18. The van der Waals surface area contributed by atoms with Crippen LogP contribution in [-0.2, 0) is 6.42 Å². The van der Waals surface area contributed by atoms with E-state index in [-0.39, 0.29) is 5.25 Å². The number of aryl methyl sites for hydroxylation is 1. The topological polar surface area (TPSA) is 37.9 Å². The number of halogens is 4. The molecule has 0 saturated carbocycles. The van der Waals surface area contributed by atoms with Crippen LogP contribution in [0.15, 0.2) is 47.5 Å². The number of nitrogens with zero attached hydrogens (tertiary/aromatic N) is 1. The monoisotopic (exact) mass is 460 g/mol. The zero-order valence-corrected chi connectivity index (χ0v) is 18.1. The van der Waals surface area contributed by atoms with E-state index < -0.39 is 0 Å². The summed E-state index contributed by atoms with van der Waals surface area (Å²) in [5.41, 5.74) is 1.01. The van der Waals surface area contributed by atoms with Crippen LogP contribution in [0.25, 0.3) is 0 Å². The predicted octanol–water partition coefficient (Wildman–Crippen LogP) is 7.11. The first-order valence-corrected chi connectivity index (χ1v) is 10.5. The van der Waals surface area contributed by atoms with Gasteiger partial charge in [-0.05, 0) is 31.2 Å². The van der Waals surface area contributed by atoms with Gasteiger partial charge < -0.3 is 9.72 Å². The molecular formula is C19H16Cl4N2OS. The minimum atomic E-state index is 0.0253. The van der Waals surface area contributed by atoms with Crippen molar-refractivity contribution in [3.8, 4) is 5.75 Å². The van der Waals surface area contributed by atoms with Gasteiger partial charge in [0.05, 0.1) is 15.1 Å². The summed E-state index contributed by atoms with van der Waals surface area (Å²) in [5.74, 6) is 1.41. The van der Waals surface area contributed by atoms with Gasteiger partial charge in [-0.2, -0.15) is 0 Å². The molecule has 3 aromatic rings. The molecule has 0 fully saturated rings. The van der Waals surface area contributed by atoms with Gasteiger partial charge in [-0.1, -0.05) is 52.5 Å². The molecule has 0 radical (unpaired) electrons. The smallest absolute Gasteiger partial charge is 0.139 e. The molecule has 0 aliphatic heterocycles. The normalized spacial score (nSPS) is 12.2.